The van der Waals surface area contributed by atoms with E-state index in [2.05, 4.69) is 10.4 Å². The second kappa shape index (κ2) is 4.44. The molecule has 0 saturated carbocycles. The van der Waals surface area contributed by atoms with Gasteiger partial charge in [0.25, 0.3) is 0 Å². The van der Waals surface area contributed by atoms with Crippen molar-refractivity contribution in [1.82, 2.24) is 9.78 Å². The summed E-state index contributed by atoms with van der Waals surface area (Å²) in [6.45, 7) is 3.99. The van der Waals surface area contributed by atoms with E-state index in [-0.39, 0.29) is 24.3 Å². The van der Waals surface area contributed by atoms with Crippen molar-refractivity contribution in [3.05, 3.63) is 41.6 Å². The molecule has 1 atom stereocenters. The molecule has 1 N–H and O–H groups in total. The van der Waals surface area contributed by atoms with Crippen molar-refractivity contribution >= 4 is 23.3 Å². The molecule has 0 radical (unpaired) electrons. The minimum absolute atomic E-state index is 0.0712. The average molecular weight is 310 g/mol. The molecule has 1 aromatic carbocycles. The number of amides is 2. The van der Waals surface area contributed by atoms with Crippen molar-refractivity contribution in [3.8, 4) is 0 Å². The van der Waals surface area contributed by atoms with Gasteiger partial charge in [0.05, 0.1) is 6.20 Å². The van der Waals surface area contributed by atoms with Crippen molar-refractivity contribution in [1.29, 1.82) is 0 Å². The summed E-state index contributed by atoms with van der Waals surface area (Å²) >= 11 is 0. The van der Waals surface area contributed by atoms with E-state index in [1.54, 1.807) is 22.8 Å². The highest BCUT2D eigenvalue weighted by atomic mass is 16.2. The minimum Gasteiger partial charge on any atom is -0.314 e. The first-order valence-corrected chi connectivity index (χ1v) is 7.72. The summed E-state index contributed by atoms with van der Waals surface area (Å²) in [5.41, 5.74) is 1.56. The molecule has 118 valence electrons. The number of hydrogen-bond acceptors (Lipinski definition) is 3. The van der Waals surface area contributed by atoms with Crippen LogP contribution in [0, 0.1) is 0 Å². The summed E-state index contributed by atoms with van der Waals surface area (Å²) in [6, 6.07) is 7.76. The van der Waals surface area contributed by atoms with Gasteiger partial charge in [-0.3, -0.25) is 9.59 Å². The second-order valence-corrected chi connectivity index (χ2v) is 6.46. The number of nitrogens with one attached hydrogen (secondary N) is 1. The lowest BCUT2D eigenvalue weighted by atomic mass is 9.72. The molecule has 2 aliphatic rings. The fourth-order valence-electron chi connectivity index (χ4n) is 3.77. The second-order valence-electron chi connectivity index (χ2n) is 6.46. The number of carbonyl (C=O) groups is 2. The summed E-state index contributed by atoms with van der Waals surface area (Å²) in [5, 5.41) is 7.31. The van der Waals surface area contributed by atoms with Crippen molar-refractivity contribution in [2.24, 2.45) is 0 Å². The van der Waals surface area contributed by atoms with Crippen LogP contribution in [0.3, 0.4) is 0 Å². The van der Waals surface area contributed by atoms with Gasteiger partial charge in [-0.1, -0.05) is 18.2 Å². The molecule has 0 saturated heterocycles. The van der Waals surface area contributed by atoms with Crippen molar-refractivity contribution in [2.45, 2.75) is 31.7 Å². The zero-order valence-corrected chi connectivity index (χ0v) is 13.3. The predicted molar refractivity (Wildman–Crippen MR) is 86.5 cm³/mol. The Kier molecular flexibility index (Phi) is 2.70. The van der Waals surface area contributed by atoms with Gasteiger partial charge in [0.1, 0.15) is 11.2 Å². The summed E-state index contributed by atoms with van der Waals surface area (Å²) in [7, 11) is 1.76. The highest BCUT2D eigenvalue weighted by Crippen LogP contribution is 2.51. The van der Waals surface area contributed by atoms with Gasteiger partial charge in [-0.15, -0.1) is 0 Å². The molecular formula is C17H18N4O2. The van der Waals surface area contributed by atoms with Crippen LogP contribution in [0.1, 0.15) is 37.4 Å². The molecule has 1 spiro atoms. The molecule has 4 rings (SSSR count). The van der Waals surface area contributed by atoms with E-state index >= 15 is 0 Å². The number of para-hydroxylation sites is 1. The number of hydrogen-bond donors (Lipinski definition) is 1. The molecular weight excluding hydrogens is 292 g/mol. The van der Waals surface area contributed by atoms with Crippen LogP contribution in [0.25, 0.3) is 0 Å². The maximum atomic E-state index is 13.1. The molecule has 0 fully saturated rings. The van der Waals surface area contributed by atoms with E-state index in [0.717, 1.165) is 16.8 Å². The zero-order valence-electron chi connectivity index (χ0n) is 13.3. The Morgan fingerprint density at radius 3 is 2.70 bits per heavy atom. The third-order valence-electron chi connectivity index (χ3n) is 4.82. The largest absolute Gasteiger partial charge is 0.314 e. The first-order chi connectivity index (χ1) is 11.0. The van der Waals surface area contributed by atoms with E-state index in [1.165, 1.54) is 0 Å². The summed E-state index contributed by atoms with van der Waals surface area (Å²) in [5.74, 6) is 0.408. The first-order valence-electron chi connectivity index (χ1n) is 7.72. The van der Waals surface area contributed by atoms with Gasteiger partial charge in [0, 0.05) is 30.8 Å². The van der Waals surface area contributed by atoms with Crippen LogP contribution in [-0.4, -0.2) is 28.6 Å². The molecule has 6 heteroatoms. The van der Waals surface area contributed by atoms with Crippen LogP contribution >= 0.6 is 0 Å². The van der Waals surface area contributed by atoms with Gasteiger partial charge in [-0.25, -0.2) is 4.68 Å². The predicted octanol–water partition coefficient (Wildman–Crippen LogP) is 2.07. The maximum absolute atomic E-state index is 13.1. The van der Waals surface area contributed by atoms with E-state index in [9.17, 15) is 9.59 Å². The van der Waals surface area contributed by atoms with Gasteiger partial charge >= 0.3 is 0 Å². The smallest absolute Gasteiger partial charge is 0.242 e. The molecule has 0 unspecified atom stereocenters. The normalized spacial score (nSPS) is 22.5. The van der Waals surface area contributed by atoms with Crippen molar-refractivity contribution in [2.75, 3.05) is 17.3 Å². The van der Waals surface area contributed by atoms with Gasteiger partial charge in [-0.2, -0.15) is 5.10 Å². The van der Waals surface area contributed by atoms with E-state index in [1.807, 2.05) is 38.1 Å². The number of anilines is 2. The number of rotatable bonds is 1. The Hall–Kier alpha value is -2.63. The zero-order chi connectivity index (χ0) is 16.4. The molecule has 2 amide bonds. The molecule has 3 heterocycles. The van der Waals surface area contributed by atoms with Crippen LogP contribution in [0.4, 0.5) is 11.5 Å². The summed E-state index contributed by atoms with van der Waals surface area (Å²) in [6.07, 6.45) is 1.84. The van der Waals surface area contributed by atoms with Crippen LogP contribution in [0.2, 0.25) is 0 Å². The lowest BCUT2D eigenvalue weighted by molar-refractivity contribution is -0.126. The molecule has 23 heavy (non-hydrogen) atoms. The van der Waals surface area contributed by atoms with Gasteiger partial charge in [0.15, 0.2) is 0 Å². The molecule has 2 aliphatic heterocycles. The molecule has 6 nitrogen and oxygen atoms in total. The van der Waals surface area contributed by atoms with Crippen LogP contribution in [-0.2, 0) is 15.0 Å². The van der Waals surface area contributed by atoms with Crippen LogP contribution < -0.4 is 10.2 Å². The number of nitrogens with zero attached hydrogens (tertiary/aromatic N) is 3. The first kappa shape index (κ1) is 14.0. The maximum Gasteiger partial charge on any atom is 0.242 e. The molecule has 0 aliphatic carbocycles. The summed E-state index contributed by atoms with van der Waals surface area (Å²) in [4.78, 5) is 27.2. The fourth-order valence-corrected chi connectivity index (χ4v) is 3.77. The quantitative estimate of drug-likeness (QED) is 0.877. The minimum atomic E-state index is -0.962. The number of fused-ring (bicyclic) bond motifs is 4. The third-order valence-corrected chi connectivity index (χ3v) is 4.82. The highest BCUT2D eigenvalue weighted by Gasteiger charge is 2.56. The SMILES string of the molecule is CC(C)n1ncc2c1NC(=O)C[C@]21C(=O)N(C)c2ccccc21. The van der Waals surface area contributed by atoms with E-state index in [0.29, 0.717) is 5.82 Å². The van der Waals surface area contributed by atoms with E-state index < -0.39 is 5.41 Å². The number of carbonyl (C=O) groups excluding carboxylic acids is 2. The average Bonchev–Trinajstić information content (AvgIpc) is 3.03. The Balaban J connectivity index is 2.04. The third kappa shape index (κ3) is 1.60. The molecule has 2 aromatic rings. The van der Waals surface area contributed by atoms with Gasteiger partial charge in [-0.05, 0) is 25.5 Å². The van der Waals surface area contributed by atoms with Gasteiger partial charge in [0.2, 0.25) is 11.8 Å². The number of likely N-dealkylation sites (N-methyl/N-ethyl adjacent to an activating group) is 1. The van der Waals surface area contributed by atoms with Gasteiger partial charge < -0.3 is 10.2 Å². The van der Waals surface area contributed by atoms with E-state index in [4.69, 9.17) is 0 Å². The number of benzene rings is 1. The lowest BCUT2D eigenvalue weighted by Gasteiger charge is -2.32. The molecule has 0 bridgehead atoms. The van der Waals surface area contributed by atoms with Crippen LogP contribution in [0.15, 0.2) is 30.5 Å². The Morgan fingerprint density at radius 2 is 1.96 bits per heavy atom. The Morgan fingerprint density at radius 1 is 1.22 bits per heavy atom. The lowest BCUT2D eigenvalue weighted by Crippen LogP contribution is -2.45. The standard InChI is InChI=1S/C17H18N4O2/c1-10(2)21-15-12(9-18-21)17(8-14(22)19-15)11-6-4-5-7-13(11)20(3)16(17)23/h4-7,9-10H,8H2,1-3H3,(H,19,22)/t17-/m1/s1. The molecule has 1 aromatic heterocycles. The Labute approximate surface area is 134 Å². The number of aromatic nitrogens is 2. The van der Waals surface area contributed by atoms with Crippen LogP contribution in [0.5, 0.6) is 0 Å². The summed E-state index contributed by atoms with van der Waals surface area (Å²) < 4.78 is 1.77. The monoisotopic (exact) mass is 310 g/mol. The highest BCUT2D eigenvalue weighted by molar-refractivity contribution is 6.15. The Bertz CT molecular complexity index is 839. The van der Waals surface area contributed by atoms with Crippen molar-refractivity contribution in [3.63, 3.8) is 0 Å². The fraction of sp³-hybridized carbons (Fsp3) is 0.353. The topological polar surface area (TPSA) is 67.2 Å². The van der Waals surface area contributed by atoms with Crippen molar-refractivity contribution < 1.29 is 9.59 Å².